The minimum Gasteiger partial charge on any atom is -0.341 e. The highest BCUT2D eigenvalue weighted by molar-refractivity contribution is 7.07. The molecule has 5 nitrogen and oxygen atoms in total. The predicted octanol–water partition coefficient (Wildman–Crippen LogP) is 3.45. The van der Waals surface area contributed by atoms with Crippen LogP contribution in [0.15, 0.2) is 23.0 Å². The third-order valence-corrected chi connectivity index (χ3v) is 4.93. The normalized spacial score (nSPS) is 14.8. The zero-order chi connectivity index (χ0) is 16.2. The summed E-state index contributed by atoms with van der Waals surface area (Å²) < 4.78 is 0. The second-order valence-corrected chi connectivity index (χ2v) is 6.89. The summed E-state index contributed by atoms with van der Waals surface area (Å²) in [4.78, 5) is 25.2. The molecule has 0 aromatic carbocycles. The molecule has 0 aliphatic carbocycles. The van der Waals surface area contributed by atoms with Gasteiger partial charge in [-0.3, -0.25) is 4.79 Å². The molecule has 0 N–H and O–H groups in total. The standard InChI is InChI=1S/C16H19ClN4OS/c1-20(10-12-5-8-23-11-12)15(22)14-13(17)9-18-16(19-14)21-6-3-2-4-7-21/h5,8-9,11H,2-4,6-7,10H2,1H3. The Bertz CT molecular complexity index is 671. The van der Waals surface area contributed by atoms with Crippen LogP contribution < -0.4 is 4.90 Å². The van der Waals surface area contributed by atoms with Gasteiger partial charge >= 0.3 is 0 Å². The van der Waals surface area contributed by atoms with E-state index < -0.39 is 0 Å². The third kappa shape index (κ3) is 3.82. The highest BCUT2D eigenvalue weighted by Gasteiger charge is 2.21. The summed E-state index contributed by atoms with van der Waals surface area (Å²) in [5.41, 5.74) is 1.38. The van der Waals surface area contributed by atoms with Crippen LogP contribution in [-0.2, 0) is 6.54 Å². The number of thiophene rings is 1. The number of rotatable bonds is 4. The Hall–Kier alpha value is -1.66. The van der Waals surface area contributed by atoms with Crippen LogP contribution in [0, 0.1) is 0 Å². The molecule has 0 spiro atoms. The van der Waals surface area contributed by atoms with Gasteiger partial charge in [0.25, 0.3) is 5.91 Å². The maximum atomic E-state index is 12.7. The molecular formula is C16H19ClN4OS. The number of anilines is 1. The summed E-state index contributed by atoms with van der Waals surface area (Å²) in [5.74, 6) is 0.420. The van der Waals surface area contributed by atoms with E-state index in [9.17, 15) is 4.79 Å². The average molecular weight is 351 g/mol. The molecule has 3 rings (SSSR count). The number of amides is 1. The minimum atomic E-state index is -0.179. The number of carbonyl (C=O) groups excluding carboxylic acids is 1. The Morgan fingerprint density at radius 1 is 1.39 bits per heavy atom. The van der Waals surface area contributed by atoms with Gasteiger partial charge in [-0.05, 0) is 41.7 Å². The smallest absolute Gasteiger partial charge is 0.274 e. The van der Waals surface area contributed by atoms with E-state index >= 15 is 0 Å². The number of piperidine rings is 1. The van der Waals surface area contributed by atoms with E-state index in [1.54, 1.807) is 23.3 Å². The van der Waals surface area contributed by atoms with Crippen LogP contribution >= 0.6 is 22.9 Å². The first-order valence-corrected chi connectivity index (χ1v) is 9.01. The van der Waals surface area contributed by atoms with Gasteiger partial charge in [-0.15, -0.1) is 0 Å². The molecule has 1 amide bonds. The van der Waals surface area contributed by atoms with Crippen molar-refractivity contribution in [3.63, 3.8) is 0 Å². The van der Waals surface area contributed by atoms with Gasteiger partial charge in [-0.25, -0.2) is 9.97 Å². The van der Waals surface area contributed by atoms with Crippen molar-refractivity contribution in [1.82, 2.24) is 14.9 Å². The highest BCUT2D eigenvalue weighted by atomic mass is 35.5. The molecule has 122 valence electrons. The van der Waals surface area contributed by atoms with Gasteiger partial charge in [-0.1, -0.05) is 11.6 Å². The first-order chi connectivity index (χ1) is 11.1. The number of halogens is 1. The maximum absolute atomic E-state index is 12.7. The molecule has 1 saturated heterocycles. The second kappa shape index (κ2) is 7.27. The molecule has 1 fully saturated rings. The zero-order valence-corrected chi connectivity index (χ0v) is 14.6. The van der Waals surface area contributed by atoms with Gasteiger partial charge in [0.1, 0.15) is 0 Å². The number of nitrogens with zero attached hydrogens (tertiary/aromatic N) is 4. The number of hydrogen-bond acceptors (Lipinski definition) is 5. The fraction of sp³-hybridized carbons (Fsp3) is 0.438. The fourth-order valence-electron chi connectivity index (χ4n) is 2.66. The first-order valence-electron chi connectivity index (χ1n) is 7.69. The molecule has 0 saturated carbocycles. The Kier molecular flexibility index (Phi) is 5.13. The largest absolute Gasteiger partial charge is 0.341 e. The summed E-state index contributed by atoms with van der Waals surface area (Å²) in [6.07, 6.45) is 5.03. The molecule has 1 aliphatic rings. The van der Waals surface area contributed by atoms with Crippen molar-refractivity contribution in [2.75, 3.05) is 25.0 Å². The van der Waals surface area contributed by atoms with Gasteiger partial charge < -0.3 is 9.80 Å². The molecule has 2 aromatic rings. The monoisotopic (exact) mass is 350 g/mol. The van der Waals surface area contributed by atoms with E-state index in [-0.39, 0.29) is 11.6 Å². The minimum absolute atomic E-state index is 0.179. The van der Waals surface area contributed by atoms with Gasteiger partial charge in [0, 0.05) is 26.7 Å². The van der Waals surface area contributed by atoms with Crippen molar-refractivity contribution in [1.29, 1.82) is 0 Å². The molecule has 0 atom stereocenters. The van der Waals surface area contributed by atoms with E-state index in [4.69, 9.17) is 11.6 Å². The number of hydrogen-bond donors (Lipinski definition) is 0. The Morgan fingerprint density at radius 3 is 2.87 bits per heavy atom. The lowest BCUT2D eigenvalue weighted by atomic mass is 10.1. The highest BCUT2D eigenvalue weighted by Crippen LogP contribution is 2.21. The van der Waals surface area contributed by atoms with Gasteiger partial charge in [-0.2, -0.15) is 11.3 Å². The van der Waals surface area contributed by atoms with E-state index in [0.717, 1.165) is 31.5 Å². The van der Waals surface area contributed by atoms with E-state index in [0.29, 0.717) is 17.5 Å². The van der Waals surface area contributed by atoms with Crippen LogP contribution in [-0.4, -0.2) is 40.9 Å². The Labute approximate surface area is 144 Å². The molecule has 0 bridgehead atoms. The molecular weight excluding hydrogens is 332 g/mol. The summed E-state index contributed by atoms with van der Waals surface area (Å²) in [6, 6.07) is 2.01. The van der Waals surface area contributed by atoms with Crippen molar-refractivity contribution in [2.24, 2.45) is 0 Å². The lowest BCUT2D eigenvalue weighted by molar-refractivity contribution is 0.0779. The molecule has 0 unspecified atom stereocenters. The van der Waals surface area contributed by atoms with E-state index in [1.807, 2.05) is 16.8 Å². The van der Waals surface area contributed by atoms with Gasteiger partial charge in [0.2, 0.25) is 5.95 Å². The van der Waals surface area contributed by atoms with Crippen LogP contribution in [0.3, 0.4) is 0 Å². The lowest BCUT2D eigenvalue weighted by Gasteiger charge is -2.27. The Balaban J connectivity index is 1.78. The summed E-state index contributed by atoms with van der Waals surface area (Å²) in [5, 5.41) is 4.33. The first kappa shape index (κ1) is 16.2. The van der Waals surface area contributed by atoms with Crippen LogP contribution in [0.25, 0.3) is 0 Å². The number of carbonyl (C=O) groups is 1. The molecule has 0 radical (unpaired) electrons. The summed E-state index contributed by atoms with van der Waals surface area (Å²) in [7, 11) is 1.76. The van der Waals surface area contributed by atoms with Crippen LogP contribution in [0.1, 0.15) is 35.3 Å². The topological polar surface area (TPSA) is 49.3 Å². The van der Waals surface area contributed by atoms with Crippen molar-refractivity contribution in [3.05, 3.63) is 39.3 Å². The zero-order valence-electron chi connectivity index (χ0n) is 13.0. The lowest BCUT2D eigenvalue weighted by Crippen LogP contribution is -2.32. The van der Waals surface area contributed by atoms with Gasteiger partial charge in [0.15, 0.2) is 5.69 Å². The predicted molar refractivity (Wildman–Crippen MR) is 93.2 cm³/mol. The van der Waals surface area contributed by atoms with Crippen molar-refractivity contribution in [2.45, 2.75) is 25.8 Å². The van der Waals surface area contributed by atoms with E-state index in [2.05, 4.69) is 14.9 Å². The maximum Gasteiger partial charge on any atom is 0.274 e. The molecule has 7 heteroatoms. The fourth-order valence-corrected chi connectivity index (χ4v) is 3.49. The SMILES string of the molecule is CN(Cc1ccsc1)C(=O)c1nc(N2CCCCC2)ncc1Cl. The van der Waals surface area contributed by atoms with Crippen molar-refractivity contribution >= 4 is 34.8 Å². The second-order valence-electron chi connectivity index (χ2n) is 5.71. The van der Waals surface area contributed by atoms with E-state index in [1.165, 1.54) is 12.6 Å². The van der Waals surface area contributed by atoms with Crippen LogP contribution in [0.2, 0.25) is 5.02 Å². The van der Waals surface area contributed by atoms with Crippen molar-refractivity contribution < 1.29 is 4.79 Å². The summed E-state index contributed by atoms with van der Waals surface area (Å²) in [6.45, 7) is 2.40. The molecule has 2 aromatic heterocycles. The quantitative estimate of drug-likeness (QED) is 0.847. The molecule has 3 heterocycles. The number of aromatic nitrogens is 2. The average Bonchev–Trinajstić information content (AvgIpc) is 3.08. The third-order valence-electron chi connectivity index (χ3n) is 3.92. The van der Waals surface area contributed by atoms with Gasteiger partial charge in [0.05, 0.1) is 11.2 Å². The van der Waals surface area contributed by atoms with Crippen molar-refractivity contribution in [3.8, 4) is 0 Å². The Morgan fingerprint density at radius 2 is 2.17 bits per heavy atom. The summed E-state index contributed by atoms with van der Waals surface area (Å²) >= 11 is 7.78. The molecule has 1 aliphatic heterocycles. The molecule has 23 heavy (non-hydrogen) atoms. The van der Waals surface area contributed by atoms with Crippen LogP contribution in [0.4, 0.5) is 5.95 Å². The van der Waals surface area contributed by atoms with Crippen LogP contribution in [0.5, 0.6) is 0 Å².